The monoisotopic (exact) mass is 333 g/mol. The molecule has 0 unspecified atom stereocenters. The van der Waals surface area contributed by atoms with Crippen molar-refractivity contribution in [1.82, 2.24) is 25.2 Å². The van der Waals surface area contributed by atoms with Crippen LogP contribution < -0.4 is 10.6 Å². The SMILES string of the molecule is CCS[C@@H]1CCCC[C@@H]1NC(=O)NCc1nnc2ccccn12. The lowest BCUT2D eigenvalue weighted by Gasteiger charge is -2.31. The molecule has 6 nitrogen and oxygen atoms in total. The van der Waals surface area contributed by atoms with Crippen LogP contribution in [-0.4, -0.2) is 37.7 Å². The molecule has 0 radical (unpaired) electrons. The van der Waals surface area contributed by atoms with Gasteiger partial charge in [0.25, 0.3) is 0 Å². The standard InChI is InChI=1S/C16H23N5OS/c1-2-23-13-8-4-3-7-12(13)18-16(22)17-11-15-20-19-14-9-5-6-10-21(14)15/h5-6,9-10,12-13H,2-4,7-8,11H2,1H3,(H2,17,18,22)/t12-,13+/m0/s1. The lowest BCUT2D eigenvalue weighted by Crippen LogP contribution is -2.48. The summed E-state index contributed by atoms with van der Waals surface area (Å²) in [6.07, 6.45) is 6.63. The Labute approximate surface area is 140 Å². The van der Waals surface area contributed by atoms with E-state index in [1.165, 1.54) is 19.3 Å². The normalized spacial score (nSPS) is 21.3. The van der Waals surface area contributed by atoms with Crippen LogP contribution in [0.5, 0.6) is 0 Å². The Hall–Kier alpha value is -1.76. The summed E-state index contributed by atoms with van der Waals surface area (Å²) in [5.74, 6) is 1.83. The number of thioether (sulfide) groups is 1. The molecule has 2 aromatic heterocycles. The van der Waals surface area contributed by atoms with Gasteiger partial charge in [0.1, 0.15) is 0 Å². The summed E-state index contributed by atoms with van der Waals surface area (Å²) in [6.45, 7) is 2.54. The lowest BCUT2D eigenvalue weighted by atomic mass is 9.95. The molecule has 0 aliphatic heterocycles. The number of hydrogen-bond acceptors (Lipinski definition) is 4. The zero-order valence-electron chi connectivity index (χ0n) is 13.4. The average Bonchev–Trinajstić information content (AvgIpc) is 2.98. The van der Waals surface area contributed by atoms with Gasteiger partial charge in [0.2, 0.25) is 0 Å². The van der Waals surface area contributed by atoms with E-state index < -0.39 is 0 Å². The number of nitrogens with one attached hydrogen (secondary N) is 2. The summed E-state index contributed by atoms with van der Waals surface area (Å²) in [7, 11) is 0. The zero-order chi connectivity index (χ0) is 16.1. The highest BCUT2D eigenvalue weighted by Gasteiger charge is 2.26. The van der Waals surface area contributed by atoms with E-state index in [0.29, 0.717) is 11.8 Å². The molecule has 23 heavy (non-hydrogen) atoms. The maximum absolute atomic E-state index is 12.2. The molecule has 7 heteroatoms. The lowest BCUT2D eigenvalue weighted by molar-refractivity contribution is 0.232. The molecule has 1 aliphatic carbocycles. The van der Waals surface area contributed by atoms with Gasteiger partial charge in [-0.05, 0) is 30.7 Å². The van der Waals surface area contributed by atoms with Crippen molar-refractivity contribution in [2.24, 2.45) is 0 Å². The average molecular weight is 333 g/mol. The summed E-state index contributed by atoms with van der Waals surface area (Å²) in [5.41, 5.74) is 0.788. The predicted molar refractivity (Wildman–Crippen MR) is 92.5 cm³/mol. The Morgan fingerprint density at radius 3 is 3.09 bits per heavy atom. The Morgan fingerprint density at radius 2 is 2.22 bits per heavy atom. The summed E-state index contributed by atoms with van der Waals surface area (Å²) < 4.78 is 1.89. The van der Waals surface area contributed by atoms with Crippen molar-refractivity contribution in [3.8, 4) is 0 Å². The molecule has 0 aromatic carbocycles. The van der Waals surface area contributed by atoms with Gasteiger partial charge in [-0.3, -0.25) is 4.40 Å². The Bertz CT molecular complexity index is 657. The van der Waals surface area contributed by atoms with E-state index in [2.05, 4.69) is 27.8 Å². The van der Waals surface area contributed by atoms with Gasteiger partial charge in [-0.25, -0.2) is 4.79 Å². The van der Waals surface area contributed by atoms with Gasteiger partial charge in [-0.15, -0.1) is 10.2 Å². The molecule has 3 rings (SSSR count). The molecule has 1 fully saturated rings. The fraction of sp³-hybridized carbons (Fsp3) is 0.562. The minimum Gasteiger partial charge on any atom is -0.334 e. The first-order chi connectivity index (χ1) is 11.3. The number of aromatic nitrogens is 3. The molecule has 1 aliphatic rings. The number of fused-ring (bicyclic) bond motifs is 1. The minimum atomic E-state index is -0.119. The van der Waals surface area contributed by atoms with Gasteiger partial charge in [0, 0.05) is 17.5 Å². The molecule has 1 saturated carbocycles. The van der Waals surface area contributed by atoms with Crippen LogP contribution in [0.2, 0.25) is 0 Å². The third kappa shape index (κ3) is 3.96. The highest BCUT2D eigenvalue weighted by Crippen LogP contribution is 2.28. The van der Waals surface area contributed by atoms with E-state index in [1.54, 1.807) is 0 Å². The summed E-state index contributed by atoms with van der Waals surface area (Å²) in [6, 6.07) is 5.89. The van der Waals surface area contributed by atoms with E-state index in [0.717, 1.165) is 23.6 Å². The summed E-state index contributed by atoms with van der Waals surface area (Å²) in [4.78, 5) is 12.2. The second-order valence-electron chi connectivity index (χ2n) is 5.76. The van der Waals surface area contributed by atoms with Crippen LogP contribution in [0.4, 0.5) is 4.79 Å². The maximum Gasteiger partial charge on any atom is 0.315 e. The van der Waals surface area contributed by atoms with Gasteiger partial charge in [0.15, 0.2) is 11.5 Å². The molecule has 2 N–H and O–H groups in total. The van der Waals surface area contributed by atoms with Crippen LogP contribution in [0.3, 0.4) is 0 Å². The zero-order valence-corrected chi connectivity index (χ0v) is 14.2. The molecule has 0 saturated heterocycles. The van der Waals surface area contributed by atoms with Crippen LogP contribution in [0.25, 0.3) is 5.65 Å². The highest BCUT2D eigenvalue weighted by molar-refractivity contribution is 7.99. The third-order valence-electron chi connectivity index (χ3n) is 4.19. The number of nitrogens with zero attached hydrogens (tertiary/aromatic N) is 3. The van der Waals surface area contributed by atoms with E-state index >= 15 is 0 Å². The number of carbonyl (C=O) groups is 1. The quantitative estimate of drug-likeness (QED) is 0.882. The van der Waals surface area contributed by atoms with Crippen LogP contribution in [-0.2, 0) is 6.54 Å². The number of amides is 2. The topological polar surface area (TPSA) is 71.3 Å². The Balaban J connectivity index is 1.54. The van der Waals surface area contributed by atoms with Crippen molar-refractivity contribution in [3.63, 3.8) is 0 Å². The first kappa shape index (κ1) is 16.1. The Kier molecular flexibility index (Phi) is 5.38. The van der Waals surface area contributed by atoms with Gasteiger partial charge in [0.05, 0.1) is 6.54 Å². The molecule has 2 amide bonds. The van der Waals surface area contributed by atoms with Crippen LogP contribution in [0, 0.1) is 0 Å². The van der Waals surface area contributed by atoms with Gasteiger partial charge >= 0.3 is 6.03 Å². The molecule has 0 bridgehead atoms. The third-order valence-corrected chi connectivity index (χ3v) is 5.52. The number of pyridine rings is 1. The molecule has 2 heterocycles. The number of urea groups is 1. The number of hydrogen-bond donors (Lipinski definition) is 2. The maximum atomic E-state index is 12.2. The highest BCUT2D eigenvalue weighted by atomic mass is 32.2. The second kappa shape index (κ2) is 7.68. The molecule has 2 atom stereocenters. The first-order valence-corrected chi connectivity index (χ1v) is 9.27. The summed E-state index contributed by atoms with van der Waals surface area (Å²) >= 11 is 1.95. The van der Waals surface area contributed by atoms with Crippen molar-refractivity contribution >= 4 is 23.4 Å². The molecular formula is C16H23N5OS. The van der Waals surface area contributed by atoms with Crippen LogP contribution in [0.1, 0.15) is 38.4 Å². The van der Waals surface area contributed by atoms with Crippen LogP contribution >= 0.6 is 11.8 Å². The Morgan fingerprint density at radius 1 is 1.35 bits per heavy atom. The molecule has 0 spiro atoms. The fourth-order valence-corrected chi connectivity index (χ4v) is 4.26. The van der Waals surface area contributed by atoms with Crippen molar-refractivity contribution < 1.29 is 4.79 Å². The minimum absolute atomic E-state index is 0.119. The largest absolute Gasteiger partial charge is 0.334 e. The fourth-order valence-electron chi connectivity index (χ4n) is 3.07. The molecule has 124 valence electrons. The van der Waals surface area contributed by atoms with E-state index in [9.17, 15) is 4.79 Å². The first-order valence-electron chi connectivity index (χ1n) is 8.22. The summed E-state index contributed by atoms with van der Waals surface area (Å²) in [5, 5.41) is 14.8. The number of rotatable bonds is 5. The smallest absolute Gasteiger partial charge is 0.315 e. The molecule has 2 aromatic rings. The second-order valence-corrected chi connectivity index (χ2v) is 7.27. The van der Waals surface area contributed by atoms with Crippen LogP contribution in [0.15, 0.2) is 24.4 Å². The predicted octanol–water partition coefficient (Wildman–Crippen LogP) is 2.59. The van der Waals surface area contributed by atoms with Gasteiger partial charge in [-0.2, -0.15) is 11.8 Å². The van der Waals surface area contributed by atoms with Crippen molar-refractivity contribution in [2.75, 3.05) is 5.75 Å². The van der Waals surface area contributed by atoms with E-state index in [4.69, 9.17) is 0 Å². The number of carbonyl (C=O) groups excluding carboxylic acids is 1. The van der Waals surface area contributed by atoms with E-state index in [1.807, 2.05) is 40.6 Å². The van der Waals surface area contributed by atoms with Crippen molar-refractivity contribution in [3.05, 3.63) is 30.2 Å². The van der Waals surface area contributed by atoms with Crippen molar-refractivity contribution in [2.45, 2.75) is 50.4 Å². The van der Waals surface area contributed by atoms with E-state index in [-0.39, 0.29) is 12.1 Å². The van der Waals surface area contributed by atoms with Gasteiger partial charge in [-0.1, -0.05) is 25.8 Å². The van der Waals surface area contributed by atoms with Crippen molar-refractivity contribution in [1.29, 1.82) is 0 Å². The van der Waals surface area contributed by atoms with Gasteiger partial charge < -0.3 is 10.6 Å². The molecular weight excluding hydrogens is 310 g/mol.